The van der Waals surface area contributed by atoms with Crippen LogP contribution >= 0.6 is 0 Å². The van der Waals surface area contributed by atoms with E-state index in [1.807, 2.05) is 0 Å². The normalized spacial score (nSPS) is 16.7. The SMILES string of the molecule is N=C(N)CCC1=NNC(=O)CC1. The van der Waals surface area contributed by atoms with Crippen LogP contribution in [0.3, 0.4) is 0 Å². The Morgan fingerprint density at radius 2 is 2.42 bits per heavy atom. The van der Waals surface area contributed by atoms with Crippen LogP contribution in [0.1, 0.15) is 25.7 Å². The second-order valence-corrected chi connectivity index (χ2v) is 2.74. The van der Waals surface area contributed by atoms with E-state index in [2.05, 4.69) is 10.5 Å². The second kappa shape index (κ2) is 3.85. The Hall–Kier alpha value is -1.39. The van der Waals surface area contributed by atoms with Crippen LogP contribution in [-0.2, 0) is 4.79 Å². The summed E-state index contributed by atoms with van der Waals surface area (Å²) in [6.45, 7) is 0. The van der Waals surface area contributed by atoms with Gasteiger partial charge in [0, 0.05) is 18.6 Å². The van der Waals surface area contributed by atoms with Gasteiger partial charge in [-0.1, -0.05) is 0 Å². The number of hydrazone groups is 1. The van der Waals surface area contributed by atoms with Crippen molar-refractivity contribution in [2.75, 3.05) is 0 Å². The first-order valence-corrected chi connectivity index (χ1v) is 3.85. The number of nitrogens with two attached hydrogens (primary N) is 1. The van der Waals surface area contributed by atoms with Gasteiger partial charge in [-0.05, 0) is 12.8 Å². The summed E-state index contributed by atoms with van der Waals surface area (Å²) in [5, 5.41) is 10.8. The van der Waals surface area contributed by atoms with E-state index in [0.29, 0.717) is 25.7 Å². The molecular formula is C7H12N4O. The van der Waals surface area contributed by atoms with Crippen LogP contribution in [0.25, 0.3) is 0 Å². The molecule has 0 aromatic rings. The molecule has 1 amide bonds. The number of amides is 1. The average molecular weight is 168 g/mol. The molecule has 1 aliphatic rings. The summed E-state index contributed by atoms with van der Waals surface area (Å²) in [5.74, 6) is 0.121. The summed E-state index contributed by atoms with van der Waals surface area (Å²) >= 11 is 0. The lowest BCUT2D eigenvalue weighted by molar-refractivity contribution is -0.121. The molecule has 0 atom stereocenters. The highest BCUT2D eigenvalue weighted by atomic mass is 16.2. The minimum Gasteiger partial charge on any atom is -0.388 e. The summed E-state index contributed by atoms with van der Waals surface area (Å²) in [4.78, 5) is 10.7. The van der Waals surface area contributed by atoms with E-state index in [0.717, 1.165) is 5.71 Å². The minimum atomic E-state index is -0.0402. The molecule has 5 nitrogen and oxygen atoms in total. The molecule has 0 aliphatic carbocycles. The van der Waals surface area contributed by atoms with Gasteiger partial charge in [0.1, 0.15) is 0 Å². The standard InChI is InChI=1S/C7H12N4O/c8-6(9)3-1-5-2-4-7(12)11-10-5/h1-4H2,(H3,8,9)(H,11,12). The van der Waals surface area contributed by atoms with Crippen LogP contribution in [0, 0.1) is 5.41 Å². The van der Waals surface area contributed by atoms with E-state index in [-0.39, 0.29) is 11.7 Å². The van der Waals surface area contributed by atoms with E-state index in [9.17, 15) is 4.79 Å². The fourth-order valence-corrected chi connectivity index (χ4v) is 0.971. The number of nitrogens with zero attached hydrogens (tertiary/aromatic N) is 1. The summed E-state index contributed by atoms with van der Waals surface area (Å²) in [6, 6.07) is 0. The number of nitrogens with one attached hydrogen (secondary N) is 2. The first kappa shape index (κ1) is 8.70. The molecule has 0 spiro atoms. The molecule has 0 radical (unpaired) electrons. The number of hydrogen-bond acceptors (Lipinski definition) is 3. The Morgan fingerprint density at radius 3 is 2.92 bits per heavy atom. The van der Waals surface area contributed by atoms with Gasteiger partial charge in [-0.25, -0.2) is 5.43 Å². The number of rotatable bonds is 3. The van der Waals surface area contributed by atoms with Crippen LogP contribution in [0.5, 0.6) is 0 Å². The molecule has 5 heteroatoms. The number of amidine groups is 1. The molecule has 1 rings (SSSR count). The van der Waals surface area contributed by atoms with Gasteiger partial charge in [-0.15, -0.1) is 0 Å². The van der Waals surface area contributed by atoms with Gasteiger partial charge in [0.2, 0.25) is 5.91 Å². The summed E-state index contributed by atoms with van der Waals surface area (Å²) in [5.41, 5.74) is 8.49. The van der Waals surface area contributed by atoms with Crippen molar-refractivity contribution in [1.82, 2.24) is 5.43 Å². The monoisotopic (exact) mass is 168 g/mol. The summed E-state index contributed by atoms with van der Waals surface area (Å²) < 4.78 is 0. The molecule has 0 unspecified atom stereocenters. The molecule has 0 fully saturated rings. The Labute approximate surface area is 70.5 Å². The van der Waals surface area contributed by atoms with Gasteiger partial charge in [-0.3, -0.25) is 10.2 Å². The predicted octanol–water partition coefficient (Wildman–Crippen LogP) is -0.0314. The molecule has 0 aromatic carbocycles. The van der Waals surface area contributed by atoms with Crippen LogP contribution in [0.15, 0.2) is 5.10 Å². The number of carbonyl (C=O) groups is 1. The second-order valence-electron chi connectivity index (χ2n) is 2.74. The lowest BCUT2D eigenvalue weighted by Gasteiger charge is -2.10. The van der Waals surface area contributed by atoms with Crippen LogP contribution < -0.4 is 11.2 Å². The van der Waals surface area contributed by atoms with Crippen molar-refractivity contribution in [3.63, 3.8) is 0 Å². The van der Waals surface area contributed by atoms with E-state index in [1.54, 1.807) is 0 Å². The Morgan fingerprint density at radius 1 is 1.67 bits per heavy atom. The molecule has 0 saturated carbocycles. The number of hydrogen-bond donors (Lipinski definition) is 3. The quantitative estimate of drug-likeness (QED) is 0.408. The minimum absolute atomic E-state index is 0.0402. The van der Waals surface area contributed by atoms with Crippen LogP contribution in [0.4, 0.5) is 0 Å². The maximum absolute atomic E-state index is 10.7. The highest BCUT2D eigenvalue weighted by Crippen LogP contribution is 2.04. The smallest absolute Gasteiger partial charge is 0.240 e. The number of carbonyl (C=O) groups excluding carboxylic acids is 1. The maximum atomic E-state index is 10.7. The van der Waals surface area contributed by atoms with Crippen molar-refractivity contribution in [3.8, 4) is 0 Å². The lowest BCUT2D eigenvalue weighted by Crippen LogP contribution is -2.26. The fourth-order valence-electron chi connectivity index (χ4n) is 0.971. The van der Waals surface area contributed by atoms with Gasteiger partial charge in [0.25, 0.3) is 0 Å². The van der Waals surface area contributed by atoms with Gasteiger partial charge in [0.05, 0.1) is 5.84 Å². The van der Waals surface area contributed by atoms with Crippen molar-refractivity contribution in [2.24, 2.45) is 10.8 Å². The highest BCUT2D eigenvalue weighted by molar-refractivity contribution is 5.94. The van der Waals surface area contributed by atoms with E-state index in [1.165, 1.54) is 0 Å². The van der Waals surface area contributed by atoms with Gasteiger partial charge >= 0.3 is 0 Å². The zero-order chi connectivity index (χ0) is 8.97. The first-order chi connectivity index (χ1) is 5.68. The summed E-state index contributed by atoms with van der Waals surface area (Å²) in [6.07, 6.45) is 2.39. The van der Waals surface area contributed by atoms with Crippen molar-refractivity contribution < 1.29 is 4.79 Å². The van der Waals surface area contributed by atoms with Crippen molar-refractivity contribution >= 4 is 17.5 Å². The third-order valence-electron chi connectivity index (χ3n) is 1.66. The molecule has 0 aromatic heterocycles. The van der Waals surface area contributed by atoms with E-state index >= 15 is 0 Å². The third kappa shape index (κ3) is 2.69. The molecule has 1 aliphatic heterocycles. The molecule has 12 heavy (non-hydrogen) atoms. The maximum Gasteiger partial charge on any atom is 0.240 e. The zero-order valence-corrected chi connectivity index (χ0v) is 6.76. The Bertz CT molecular complexity index is 234. The van der Waals surface area contributed by atoms with E-state index < -0.39 is 0 Å². The Balaban J connectivity index is 2.33. The van der Waals surface area contributed by atoms with Crippen molar-refractivity contribution in [3.05, 3.63) is 0 Å². The molecule has 0 saturated heterocycles. The Kier molecular flexibility index (Phi) is 2.79. The fraction of sp³-hybridized carbons (Fsp3) is 0.571. The van der Waals surface area contributed by atoms with E-state index in [4.69, 9.17) is 11.1 Å². The van der Waals surface area contributed by atoms with Gasteiger partial charge in [-0.2, -0.15) is 5.10 Å². The topological polar surface area (TPSA) is 91.3 Å². The van der Waals surface area contributed by atoms with Crippen LogP contribution in [0.2, 0.25) is 0 Å². The lowest BCUT2D eigenvalue weighted by atomic mass is 10.1. The van der Waals surface area contributed by atoms with Gasteiger partial charge in [0.15, 0.2) is 0 Å². The molecular weight excluding hydrogens is 156 g/mol. The largest absolute Gasteiger partial charge is 0.388 e. The molecule has 4 N–H and O–H groups in total. The molecule has 0 bridgehead atoms. The zero-order valence-electron chi connectivity index (χ0n) is 6.76. The van der Waals surface area contributed by atoms with Crippen molar-refractivity contribution in [2.45, 2.75) is 25.7 Å². The molecule has 66 valence electrons. The third-order valence-corrected chi connectivity index (χ3v) is 1.66. The summed E-state index contributed by atoms with van der Waals surface area (Å²) in [7, 11) is 0. The molecule has 1 heterocycles. The van der Waals surface area contributed by atoms with Crippen molar-refractivity contribution in [1.29, 1.82) is 5.41 Å². The van der Waals surface area contributed by atoms with Crippen LogP contribution in [-0.4, -0.2) is 17.5 Å². The predicted molar refractivity (Wildman–Crippen MR) is 46.0 cm³/mol. The average Bonchev–Trinajstić information content (AvgIpc) is 2.03. The highest BCUT2D eigenvalue weighted by Gasteiger charge is 2.10. The van der Waals surface area contributed by atoms with Gasteiger partial charge < -0.3 is 5.73 Å². The first-order valence-electron chi connectivity index (χ1n) is 3.85.